The van der Waals surface area contributed by atoms with Crippen molar-refractivity contribution in [3.05, 3.63) is 205 Å². The summed E-state index contributed by atoms with van der Waals surface area (Å²) >= 11 is 6.02. The number of ketones is 3. The summed E-state index contributed by atoms with van der Waals surface area (Å²) in [5.41, 5.74) is 4.46. The van der Waals surface area contributed by atoms with E-state index in [0.717, 1.165) is 28.0 Å². The van der Waals surface area contributed by atoms with Gasteiger partial charge in [-0.3, -0.25) is 14.4 Å². The van der Waals surface area contributed by atoms with Crippen LogP contribution in [0.2, 0.25) is 5.02 Å². The van der Waals surface area contributed by atoms with Crippen molar-refractivity contribution in [1.29, 1.82) is 0 Å². The highest BCUT2D eigenvalue weighted by Gasteiger charge is 2.20. The van der Waals surface area contributed by atoms with E-state index < -0.39 is 29.7 Å². The molecule has 0 radical (unpaired) electrons. The summed E-state index contributed by atoms with van der Waals surface area (Å²) in [5.74, 6) is -4.54. The van der Waals surface area contributed by atoms with Gasteiger partial charge in [-0.2, -0.15) is 0 Å². The molecule has 0 spiro atoms. The first-order chi connectivity index (χ1) is 30.0. The van der Waals surface area contributed by atoms with Crippen LogP contribution in [0.25, 0.3) is 0 Å². The molecule has 0 heterocycles. The fraction of sp³-hybridized carbons (Fsp3) is 0.157. The summed E-state index contributed by atoms with van der Waals surface area (Å²) < 4.78 is 5.07. The van der Waals surface area contributed by atoms with Crippen molar-refractivity contribution in [3.8, 4) is 5.75 Å². The molecule has 0 aliphatic rings. The van der Waals surface area contributed by atoms with Gasteiger partial charge in [-0.15, -0.1) is 0 Å². The first-order valence-corrected chi connectivity index (χ1v) is 19.7. The van der Waals surface area contributed by atoms with Gasteiger partial charge >= 0.3 is 23.9 Å². The average Bonchev–Trinajstić information content (AvgIpc) is 3.27. The number of aryl methyl sites for hydroxylation is 3. The minimum Gasteiger partial charge on any atom is -0.497 e. The number of carboxylic acids is 4. The summed E-state index contributed by atoms with van der Waals surface area (Å²) in [5, 5.41) is 37.1. The van der Waals surface area contributed by atoms with Crippen molar-refractivity contribution in [2.24, 2.45) is 0 Å². The molecular formula is C51H47ClO12. The summed E-state index contributed by atoms with van der Waals surface area (Å²) in [4.78, 5) is 81.4. The van der Waals surface area contributed by atoms with E-state index in [0.29, 0.717) is 17.0 Å². The van der Waals surface area contributed by atoms with E-state index in [4.69, 9.17) is 31.7 Å². The molecule has 0 fully saturated rings. The number of rotatable bonds is 15. The molecular weight excluding hydrogens is 840 g/mol. The van der Waals surface area contributed by atoms with Gasteiger partial charge in [0.2, 0.25) is 0 Å². The predicted molar refractivity (Wildman–Crippen MR) is 243 cm³/mol. The van der Waals surface area contributed by atoms with Gasteiger partial charge in [0.05, 0.1) is 29.4 Å². The van der Waals surface area contributed by atoms with E-state index >= 15 is 0 Å². The third-order valence-corrected chi connectivity index (χ3v) is 10.0. The van der Waals surface area contributed by atoms with E-state index in [1.54, 1.807) is 68.6 Å². The van der Waals surface area contributed by atoms with Crippen molar-refractivity contribution in [2.75, 3.05) is 7.11 Å². The summed E-state index contributed by atoms with van der Waals surface area (Å²) in [7, 11) is 1.60. The molecule has 4 N–H and O–H groups in total. The first kappa shape index (κ1) is 50.7. The van der Waals surface area contributed by atoms with Crippen LogP contribution in [0.15, 0.2) is 133 Å². The molecule has 0 saturated carbocycles. The van der Waals surface area contributed by atoms with Crippen LogP contribution < -0.4 is 4.74 Å². The average molecular weight is 887 g/mol. The Bertz CT molecular complexity index is 2670. The van der Waals surface area contributed by atoms with Crippen LogP contribution in [-0.2, 0) is 19.3 Å². The fourth-order valence-corrected chi connectivity index (χ4v) is 6.46. The van der Waals surface area contributed by atoms with Gasteiger partial charge in [-0.25, -0.2) is 19.2 Å². The third kappa shape index (κ3) is 14.2. The van der Waals surface area contributed by atoms with Crippen LogP contribution in [-0.4, -0.2) is 68.8 Å². The summed E-state index contributed by atoms with van der Waals surface area (Å²) in [6.07, 6.45) is 0.809. The van der Waals surface area contributed by atoms with Gasteiger partial charge in [0, 0.05) is 41.0 Å². The smallest absolute Gasteiger partial charge is 0.336 e. The number of carboxylic acid groups (broad SMARTS) is 4. The van der Waals surface area contributed by atoms with E-state index in [9.17, 15) is 38.7 Å². The quantitative estimate of drug-likeness (QED) is 0.0710. The lowest BCUT2D eigenvalue weighted by Gasteiger charge is -2.08. The Morgan fingerprint density at radius 1 is 0.484 bits per heavy atom. The van der Waals surface area contributed by atoms with Crippen LogP contribution in [0.4, 0.5) is 0 Å². The van der Waals surface area contributed by atoms with E-state index in [1.807, 2.05) is 43.3 Å². The topological polar surface area (TPSA) is 210 Å². The van der Waals surface area contributed by atoms with Crippen LogP contribution in [0.1, 0.15) is 114 Å². The maximum Gasteiger partial charge on any atom is 0.336 e. The van der Waals surface area contributed by atoms with E-state index in [1.165, 1.54) is 42.5 Å². The zero-order valence-electron chi connectivity index (χ0n) is 34.5. The molecule has 6 rings (SSSR count). The highest BCUT2D eigenvalue weighted by molar-refractivity contribution is 6.31. The largest absolute Gasteiger partial charge is 0.497 e. The number of carbonyl (C=O) groups excluding carboxylic acids is 3. The normalized spacial score (nSPS) is 10.1. The predicted octanol–water partition coefficient (Wildman–Crippen LogP) is 10.4. The lowest BCUT2D eigenvalue weighted by molar-refractivity contribution is 0.0682. The van der Waals surface area contributed by atoms with Crippen molar-refractivity contribution in [3.63, 3.8) is 0 Å². The van der Waals surface area contributed by atoms with Gasteiger partial charge in [0.15, 0.2) is 17.3 Å². The Balaban J connectivity index is 0.000000254. The van der Waals surface area contributed by atoms with Crippen molar-refractivity contribution < 1.29 is 58.7 Å². The Morgan fingerprint density at radius 3 is 1.34 bits per heavy atom. The van der Waals surface area contributed by atoms with Gasteiger partial charge in [-0.05, 0) is 85.0 Å². The van der Waals surface area contributed by atoms with Crippen LogP contribution in [0.3, 0.4) is 0 Å². The second kappa shape index (κ2) is 24.1. The molecule has 0 atom stereocenters. The minimum atomic E-state index is -1.19. The van der Waals surface area contributed by atoms with Gasteiger partial charge < -0.3 is 25.2 Å². The second-order valence-electron chi connectivity index (χ2n) is 14.1. The van der Waals surface area contributed by atoms with Crippen molar-refractivity contribution >= 4 is 52.8 Å². The van der Waals surface area contributed by atoms with Crippen LogP contribution >= 0.6 is 11.6 Å². The van der Waals surface area contributed by atoms with Crippen LogP contribution in [0, 0.1) is 13.8 Å². The molecule has 6 aromatic rings. The maximum absolute atomic E-state index is 12.3. The molecule has 64 heavy (non-hydrogen) atoms. The highest BCUT2D eigenvalue weighted by atomic mass is 35.5. The number of carbonyl (C=O) groups is 7. The number of halogens is 1. The minimum absolute atomic E-state index is 0. The van der Waals surface area contributed by atoms with E-state index in [2.05, 4.69) is 0 Å². The van der Waals surface area contributed by atoms with Gasteiger partial charge in [0.1, 0.15) is 5.75 Å². The molecule has 0 amide bonds. The molecule has 0 aliphatic heterocycles. The standard InChI is InChI=1S/C17H14O5.C17H16O4.C16H13ClO3.CH4/c1-10-6-7-11(14(8-10)17(21)22)9-15(18)12-4-2-3-5-13(12)16(19)20;1-21-13-9-6-12(7-10-13)8-11-16(18)14-4-2-3-5-15(14)17(19)20;1-10-6-7-11(8-14(10)17)9-15(18)12-4-2-3-5-13(12)16(19)20;/h2-8H,9H2,1H3,(H,19,20)(H,21,22);2-7,9-10H,8,11H2,1H3,(H,19,20);2-8H,9H2,1H3,(H,19,20);1H4. The SMILES string of the molecule is C.COc1ccc(CCC(=O)c2ccccc2C(=O)O)cc1.Cc1ccc(CC(=O)c2ccccc2C(=O)O)c(C(=O)O)c1.Cc1ccc(CC(=O)c2ccccc2C(=O)O)cc1Cl. The molecule has 6 aromatic carbocycles. The van der Waals surface area contributed by atoms with Gasteiger partial charge in [0.25, 0.3) is 0 Å². The Morgan fingerprint density at radius 2 is 0.906 bits per heavy atom. The number of ether oxygens (including phenoxy) is 1. The second-order valence-corrected chi connectivity index (χ2v) is 14.5. The summed E-state index contributed by atoms with van der Waals surface area (Å²) in [6, 6.07) is 36.1. The molecule has 0 unspecified atom stereocenters. The van der Waals surface area contributed by atoms with Crippen LogP contribution in [0.5, 0.6) is 5.75 Å². The molecule has 13 heteroatoms. The monoisotopic (exact) mass is 886 g/mol. The number of benzene rings is 6. The molecule has 0 bridgehead atoms. The molecule has 0 aromatic heterocycles. The lowest BCUT2D eigenvalue weighted by Crippen LogP contribution is -2.13. The van der Waals surface area contributed by atoms with Crippen molar-refractivity contribution in [1.82, 2.24) is 0 Å². The van der Waals surface area contributed by atoms with Crippen molar-refractivity contribution in [2.45, 2.75) is 47.0 Å². The lowest BCUT2D eigenvalue weighted by atomic mass is 9.95. The van der Waals surface area contributed by atoms with Gasteiger partial charge in [-0.1, -0.05) is 116 Å². The molecule has 330 valence electrons. The molecule has 0 aliphatic carbocycles. The third-order valence-electron chi connectivity index (χ3n) is 9.62. The number of hydrogen-bond acceptors (Lipinski definition) is 8. The summed E-state index contributed by atoms with van der Waals surface area (Å²) in [6.45, 7) is 3.64. The highest BCUT2D eigenvalue weighted by Crippen LogP contribution is 2.21. The maximum atomic E-state index is 12.3. The number of hydrogen-bond donors (Lipinski definition) is 4. The zero-order chi connectivity index (χ0) is 46.2. The Labute approximate surface area is 375 Å². The first-order valence-electron chi connectivity index (χ1n) is 19.3. The number of aromatic carboxylic acids is 4. The van der Waals surface area contributed by atoms with E-state index in [-0.39, 0.29) is 77.2 Å². The fourth-order valence-electron chi connectivity index (χ4n) is 6.26. The Kier molecular flexibility index (Phi) is 19.1. The molecule has 0 saturated heterocycles. The number of Topliss-reactive ketones (excluding diaryl/α,β-unsaturated/α-hetero) is 3. The number of methoxy groups -OCH3 is 1. The Hall–Kier alpha value is -7.70. The zero-order valence-corrected chi connectivity index (χ0v) is 35.2. The molecule has 12 nitrogen and oxygen atoms in total.